The zero-order chi connectivity index (χ0) is 16.6. The Hall–Kier alpha value is -2.60. The molecule has 120 valence electrons. The largest absolute Gasteiger partial charge is 0.496 e. The monoisotopic (exact) mass is 315 g/mol. The number of benzene rings is 1. The summed E-state index contributed by atoms with van der Waals surface area (Å²) < 4.78 is 21.2. The van der Waals surface area contributed by atoms with Crippen LogP contribution in [0.25, 0.3) is 22.3 Å². The normalized spacial score (nSPS) is 11.1. The number of hydrogen-bond donors (Lipinski definition) is 0. The van der Waals surface area contributed by atoms with E-state index in [4.69, 9.17) is 18.4 Å². The first-order valence-corrected chi connectivity index (χ1v) is 7.12. The van der Waals surface area contributed by atoms with Gasteiger partial charge in [-0.05, 0) is 31.5 Å². The molecule has 0 saturated carbocycles. The lowest BCUT2D eigenvalue weighted by atomic mass is 10.0. The van der Waals surface area contributed by atoms with Crippen molar-refractivity contribution in [3.63, 3.8) is 0 Å². The summed E-state index contributed by atoms with van der Waals surface area (Å²) in [5.41, 5.74) is 2.92. The highest BCUT2D eigenvalue weighted by Gasteiger charge is 2.16. The van der Waals surface area contributed by atoms with Crippen LogP contribution in [0.4, 0.5) is 0 Å². The van der Waals surface area contributed by atoms with Crippen LogP contribution in [0.1, 0.15) is 16.8 Å². The minimum absolute atomic E-state index is 0.355. The summed E-state index contributed by atoms with van der Waals surface area (Å²) in [6.07, 6.45) is 0. The van der Waals surface area contributed by atoms with Gasteiger partial charge in [0.15, 0.2) is 5.76 Å². The lowest BCUT2D eigenvalue weighted by molar-refractivity contribution is 0.177. The highest BCUT2D eigenvalue weighted by Crippen LogP contribution is 2.34. The van der Waals surface area contributed by atoms with E-state index in [-0.39, 0.29) is 5.63 Å². The Morgan fingerprint density at radius 2 is 1.91 bits per heavy atom. The highest BCUT2D eigenvalue weighted by molar-refractivity contribution is 5.91. The number of nitrogens with zero attached hydrogens (tertiary/aromatic N) is 1. The summed E-state index contributed by atoms with van der Waals surface area (Å²) in [5, 5.41) is 4.72. The molecule has 0 spiro atoms. The van der Waals surface area contributed by atoms with Crippen molar-refractivity contribution in [3.8, 4) is 17.1 Å². The van der Waals surface area contributed by atoms with Gasteiger partial charge in [-0.1, -0.05) is 5.16 Å². The van der Waals surface area contributed by atoms with Crippen molar-refractivity contribution in [2.75, 3.05) is 14.2 Å². The first-order valence-electron chi connectivity index (χ1n) is 7.12. The minimum atomic E-state index is -0.355. The van der Waals surface area contributed by atoms with Gasteiger partial charge in [-0.15, -0.1) is 0 Å². The van der Waals surface area contributed by atoms with Gasteiger partial charge in [-0.2, -0.15) is 0 Å². The zero-order valence-electron chi connectivity index (χ0n) is 13.4. The van der Waals surface area contributed by atoms with E-state index in [1.807, 2.05) is 13.0 Å². The fraction of sp³-hybridized carbons (Fsp3) is 0.294. The first-order chi connectivity index (χ1) is 11.0. The van der Waals surface area contributed by atoms with Crippen LogP contribution in [0.2, 0.25) is 0 Å². The quantitative estimate of drug-likeness (QED) is 0.688. The van der Waals surface area contributed by atoms with Gasteiger partial charge in [0.05, 0.1) is 19.1 Å². The third kappa shape index (κ3) is 2.61. The number of rotatable bonds is 4. The third-order valence-electron chi connectivity index (χ3n) is 3.87. The van der Waals surface area contributed by atoms with Crippen LogP contribution in [-0.4, -0.2) is 19.4 Å². The Balaban J connectivity index is 2.23. The standard InChI is InChI=1S/C17H17NO5/c1-9-10(2)17(19)22-15-6-11(5-14(21-4)16(9)15)13-7-12(8-20-3)18-23-13/h5-7H,8H2,1-4H3. The van der Waals surface area contributed by atoms with Crippen LogP contribution in [0.5, 0.6) is 5.75 Å². The first kappa shape index (κ1) is 15.3. The number of methoxy groups -OCH3 is 2. The molecular formula is C17H17NO5. The van der Waals surface area contributed by atoms with E-state index in [1.165, 1.54) is 0 Å². The molecule has 0 N–H and O–H groups in total. The minimum Gasteiger partial charge on any atom is -0.496 e. The molecule has 2 aromatic heterocycles. The predicted octanol–water partition coefficient (Wildman–Crippen LogP) is 3.22. The number of hydrogen-bond acceptors (Lipinski definition) is 6. The Bertz CT molecular complexity index is 923. The van der Waals surface area contributed by atoms with Gasteiger partial charge in [-0.25, -0.2) is 4.79 Å². The molecule has 1 aromatic carbocycles. The van der Waals surface area contributed by atoms with Crippen LogP contribution >= 0.6 is 0 Å². The summed E-state index contributed by atoms with van der Waals surface area (Å²) in [6.45, 7) is 3.98. The molecule has 2 heterocycles. The molecule has 0 aliphatic heterocycles. The Kier molecular flexibility index (Phi) is 3.92. The van der Waals surface area contributed by atoms with Gasteiger partial charge in [0.1, 0.15) is 17.0 Å². The second kappa shape index (κ2) is 5.89. The summed E-state index contributed by atoms with van der Waals surface area (Å²) in [7, 11) is 3.17. The molecule has 0 saturated heterocycles. The fourth-order valence-electron chi connectivity index (χ4n) is 2.52. The molecule has 0 unspecified atom stereocenters. The molecule has 6 nitrogen and oxygen atoms in total. The van der Waals surface area contributed by atoms with Crippen molar-refractivity contribution in [1.82, 2.24) is 5.16 Å². The van der Waals surface area contributed by atoms with Crippen molar-refractivity contribution in [2.24, 2.45) is 0 Å². The van der Waals surface area contributed by atoms with E-state index >= 15 is 0 Å². The maximum atomic E-state index is 11.9. The van der Waals surface area contributed by atoms with Crippen molar-refractivity contribution in [2.45, 2.75) is 20.5 Å². The van der Waals surface area contributed by atoms with Crippen LogP contribution in [-0.2, 0) is 11.3 Å². The maximum absolute atomic E-state index is 11.9. The van der Waals surface area contributed by atoms with E-state index in [9.17, 15) is 4.79 Å². The molecule has 0 aliphatic rings. The molecule has 0 radical (unpaired) electrons. The van der Waals surface area contributed by atoms with Crippen molar-refractivity contribution in [1.29, 1.82) is 0 Å². The molecule has 0 aliphatic carbocycles. The number of ether oxygens (including phenoxy) is 2. The van der Waals surface area contributed by atoms with Crippen molar-refractivity contribution < 1.29 is 18.4 Å². The van der Waals surface area contributed by atoms with E-state index in [1.54, 1.807) is 33.3 Å². The fourth-order valence-corrected chi connectivity index (χ4v) is 2.52. The summed E-state index contributed by atoms with van der Waals surface area (Å²) >= 11 is 0. The molecule has 0 atom stereocenters. The van der Waals surface area contributed by atoms with E-state index in [0.717, 1.165) is 16.5 Å². The smallest absolute Gasteiger partial charge is 0.339 e. The molecule has 23 heavy (non-hydrogen) atoms. The second-order valence-corrected chi connectivity index (χ2v) is 5.31. The summed E-state index contributed by atoms with van der Waals surface area (Å²) in [4.78, 5) is 11.9. The Morgan fingerprint density at radius 3 is 2.61 bits per heavy atom. The van der Waals surface area contributed by atoms with Crippen molar-refractivity contribution >= 4 is 11.0 Å². The van der Waals surface area contributed by atoms with Crippen LogP contribution in [0.15, 0.2) is 31.9 Å². The van der Waals surface area contributed by atoms with Gasteiger partial charge < -0.3 is 18.4 Å². The number of aryl methyl sites for hydroxylation is 1. The predicted molar refractivity (Wildman–Crippen MR) is 84.7 cm³/mol. The summed E-state index contributed by atoms with van der Waals surface area (Å²) in [6, 6.07) is 5.37. The lowest BCUT2D eigenvalue weighted by Crippen LogP contribution is -2.06. The molecule has 3 aromatic rings. The van der Waals surface area contributed by atoms with Crippen LogP contribution < -0.4 is 10.4 Å². The third-order valence-corrected chi connectivity index (χ3v) is 3.87. The Labute approximate surface area is 132 Å². The molecule has 3 rings (SSSR count). The molecule has 6 heteroatoms. The van der Waals surface area contributed by atoms with Crippen LogP contribution in [0.3, 0.4) is 0 Å². The SMILES string of the molecule is COCc1cc(-c2cc(OC)c3c(C)c(C)c(=O)oc3c2)on1. The van der Waals surface area contributed by atoms with Gasteiger partial charge in [0.2, 0.25) is 0 Å². The van der Waals surface area contributed by atoms with Crippen LogP contribution in [0, 0.1) is 13.8 Å². The van der Waals surface area contributed by atoms with Gasteiger partial charge in [0.25, 0.3) is 0 Å². The van der Waals surface area contributed by atoms with Crippen molar-refractivity contribution in [3.05, 3.63) is 45.4 Å². The van der Waals surface area contributed by atoms with Gasteiger partial charge in [0, 0.05) is 24.3 Å². The lowest BCUT2D eigenvalue weighted by Gasteiger charge is -2.10. The topological polar surface area (TPSA) is 74.7 Å². The van der Waals surface area contributed by atoms with Gasteiger partial charge >= 0.3 is 5.63 Å². The number of aromatic nitrogens is 1. The molecule has 0 bridgehead atoms. The van der Waals surface area contributed by atoms with E-state index in [0.29, 0.717) is 35.0 Å². The summed E-state index contributed by atoms with van der Waals surface area (Å²) in [5.74, 6) is 1.17. The molecule has 0 fully saturated rings. The maximum Gasteiger partial charge on any atom is 0.339 e. The average molecular weight is 315 g/mol. The van der Waals surface area contributed by atoms with E-state index < -0.39 is 0 Å². The van der Waals surface area contributed by atoms with E-state index in [2.05, 4.69) is 5.16 Å². The Morgan fingerprint density at radius 1 is 1.13 bits per heavy atom. The number of fused-ring (bicyclic) bond motifs is 1. The molecular weight excluding hydrogens is 298 g/mol. The highest BCUT2D eigenvalue weighted by atomic mass is 16.5. The zero-order valence-corrected chi connectivity index (χ0v) is 13.4. The average Bonchev–Trinajstić information content (AvgIpc) is 3.00. The molecule has 0 amide bonds. The van der Waals surface area contributed by atoms with Gasteiger partial charge in [-0.3, -0.25) is 0 Å². The second-order valence-electron chi connectivity index (χ2n) is 5.31.